The SMILES string of the molecule is c1cc(-c2cc3cnccc3c(N3CCNC4(CC4)C3)n2)ccn1. The molecule has 2 aliphatic rings. The Morgan fingerprint density at radius 3 is 2.71 bits per heavy atom. The fourth-order valence-electron chi connectivity index (χ4n) is 3.61. The average molecular weight is 317 g/mol. The van der Waals surface area contributed by atoms with Crippen LogP contribution in [0.1, 0.15) is 12.8 Å². The van der Waals surface area contributed by atoms with E-state index in [0.29, 0.717) is 5.54 Å². The Morgan fingerprint density at radius 1 is 1.04 bits per heavy atom. The van der Waals surface area contributed by atoms with Crippen LogP contribution in [0.2, 0.25) is 0 Å². The van der Waals surface area contributed by atoms with Crippen molar-refractivity contribution in [3.63, 3.8) is 0 Å². The summed E-state index contributed by atoms with van der Waals surface area (Å²) in [4.78, 5) is 15.9. The van der Waals surface area contributed by atoms with Crippen LogP contribution in [0, 0.1) is 0 Å². The summed E-state index contributed by atoms with van der Waals surface area (Å²) >= 11 is 0. The van der Waals surface area contributed by atoms with Gasteiger partial charge in [0.2, 0.25) is 0 Å². The van der Waals surface area contributed by atoms with Crippen LogP contribution >= 0.6 is 0 Å². The van der Waals surface area contributed by atoms with E-state index < -0.39 is 0 Å². The number of nitrogens with one attached hydrogen (secondary N) is 1. The first-order valence-electron chi connectivity index (χ1n) is 8.48. The zero-order chi connectivity index (χ0) is 16.0. The van der Waals surface area contributed by atoms with Gasteiger partial charge in [0, 0.05) is 66.3 Å². The molecule has 5 rings (SSSR count). The number of piperazine rings is 1. The molecule has 1 aliphatic heterocycles. The quantitative estimate of drug-likeness (QED) is 0.787. The summed E-state index contributed by atoms with van der Waals surface area (Å²) in [7, 11) is 0. The predicted octanol–water partition coefficient (Wildman–Crippen LogP) is 2.63. The molecule has 0 unspecified atom stereocenters. The second-order valence-corrected chi connectivity index (χ2v) is 6.79. The molecule has 3 aromatic rings. The minimum absolute atomic E-state index is 0.325. The summed E-state index contributed by atoms with van der Waals surface area (Å²) in [5, 5.41) is 5.99. The third-order valence-electron chi connectivity index (χ3n) is 5.12. The van der Waals surface area contributed by atoms with Gasteiger partial charge in [0.05, 0.1) is 5.69 Å². The molecule has 0 aromatic carbocycles. The number of pyridine rings is 3. The van der Waals surface area contributed by atoms with E-state index in [2.05, 4.69) is 32.3 Å². The first-order valence-corrected chi connectivity index (χ1v) is 8.48. The Morgan fingerprint density at radius 2 is 1.88 bits per heavy atom. The van der Waals surface area contributed by atoms with Crippen molar-refractivity contribution in [1.82, 2.24) is 20.3 Å². The van der Waals surface area contributed by atoms with E-state index in [4.69, 9.17) is 4.98 Å². The fraction of sp³-hybridized carbons (Fsp3) is 0.316. The van der Waals surface area contributed by atoms with Crippen LogP contribution in [-0.4, -0.2) is 40.1 Å². The second kappa shape index (κ2) is 5.24. The Hall–Kier alpha value is -2.53. The molecule has 24 heavy (non-hydrogen) atoms. The molecule has 0 radical (unpaired) electrons. The Balaban J connectivity index is 1.66. The number of fused-ring (bicyclic) bond motifs is 1. The van der Waals surface area contributed by atoms with E-state index in [1.54, 1.807) is 0 Å². The number of anilines is 1. The second-order valence-electron chi connectivity index (χ2n) is 6.79. The summed E-state index contributed by atoms with van der Waals surface area (Å²) in [5.74, 6) is 1.08. The van der Waals surface area contributed by atoms with Crippen molar-refractivity contribution in [2.24, 2.45) is 0 Å². The maximum Gasteiger partial charge on any atom is 0.137 e. The molecule has 2 fully saturated rings. The zero-order valence-corrected chi connectivity index (χ0v) is 13.4. The number of nitrogens with zero attached hydrogens (tertiary/aromatic N) is 4. The topological polar surface area (TPSA) is 53.9 Å². The summed E-state index contributed by atoms with van der Waals surface area (Å²) in [6.07, 6.45) is 9.96. The Bertz CT molecular complexity index is 889. The lowest BCUT2D eigenvalue weighted by Gasteiger charge is -2.35. The maximum atomic E-state index is 5.03. The molecule has 1 saturated heterocycles. The van der Waals surface area contributed by atoms with E-state index in [1.807, 2.05) is 36.9 Å². The van der Waals surface area contributed by atoms with Crippen molar-refractivity contribution in [3.8, 4) is 11.3 Å². The molecule has 4 heterocycles. The molecule has 0 bridgehead atoms. The zero-order valence-electron chi connectivity index (χ0n) is 13.4. The highest BCUT2D eigenvalue weighted by Crippen LogP contribution is 2.40. The number of aromatic nitrogens is 3. The van der Waals surface area contributed by atoms with Gasteiger partial charge in [-0.15, -0.1) is 0 Å². The number of hydrogen-bond acceptors (Lipinski definition) is 5. The molecular weight excluding hydrogens is 298 g/mol. The molecule has 120 valence electrons. The van der Waals surface area contributed by atoms with E-state index in [-0.39, 0.29) is 0 Å². The van der Waals surface area contributed by atoms with Crippen molar-refractivity contribution < 1.29 is 0 Å². The van der Waals surface area contributed by atoms with Crippen LogP contribution in [0.5, 0.6) is 0 Å². The molecular formula is C19H19N5. The summed E-state index contributed by atoms with van der Waals surface area (Å²) in [6.45, 7) is 3.05. The highest BCUT2D eigenvalue weighted by molar-refractivity contribution is 5.94. The number of hydrogen-bond donors (Lipinski definition) is 1. The Kier molecular flexibility index (Phi) is 3.03. The molecule has 3 aromatic heterocycles. The van der Waals surface area contributed by atoms with Crippen LogP contribution in [0.3, 0.4) is 0 Å². The highest BCUT2D eigenvalue weighted by atomic mass is 15.3. The van der Waals surface area contributed by atoms with Crippen molar-refractivity contribution in [1.29, 1.82) is 0 Å². The van der Waals surface area contributed by atoms with E-state index >= 15 is 0 Å². The molecule has 0 atom stereocenters. The predicted molar refractivity (Wildman–Crippen MR) is 94.9 cm³/mol. The first-order chi connectivity index (χ1) is 11.8. The van der Waals surface area contributed by atoms with Crippen molar-refractivity contribution in [3.05, 3.63) is 49.1 Å². The molecule has 1 saturated carbocycles. The monoisotopic (exact) mass is 317 g/mol. The van der Waals surface area contributed by atoms with Crippen molar-refractivity contribution >= 4 is 16.6 Å². The van der Waals surface area contributed by atoms with Gasteiger partial charge in [-0.25, -0.2) is 4.98 Å². The van der Waals surface area contributed by atoms with Crippen molar-refractivity contribution in [2.45, 2.75) is 18.4 Å². The first kappa shape index (κ1) is 13.9. The number of rotatable bonds is 2. The minimum Gasteiger partial charge on any atom is -0.353 e. The lowest BCUT2D eigenvalue weighted by atomic mass is 10.1. The van der Waals surface area contributed by atoms with Gasteiger partial charge in [0.25, 0.3) is 0 Å². The van der Waals surface area contributed by atoms with E-state index in [1.165, 1.54) is 18.2 Å². The lowest BCUT2D eigenvalue weighted by molar-refractivity contribution is 0.441. The third-order valence-corrected chi connectivity index (χ3v) is 5.12. The van der Waals surface area contributed by atoms with Gasteiger partial charge in [-0.3, -0.25) is 9.97 Å². The van der Waals surface area contributed by atoms with Crippen LogP contribution < -0.4 is 10.2 Å². The molecule has 1 aliphatic carbocycles. The third kappa shape index (κ3) is 2.32. The average Bonchev–Trinajstić information content (AvgIpc) is 3.40. The smallest absolute Gasteiger partial charge is 0.137 e. The highest BCUT2D eigenvalue weighted by Gasteiger charge is 2.45. The van der Waals surface area contributed by atoms with Gasteiger partial charge < -0.3 is 10.2 Å². The summed E-state index contributed by atoms with van der Waals surface area (Å²) < 4.78 is 0. The van der Waals surface area contributed by atoms with Gasteiger partial charge in [-0.05, 0) is 37.1 Å². The largest absolute Gasteiger partial charge is 0.353 e. The minimum atomic E-state index is 0.325. The van der Waals surface area contributed by atoms with Gasteiger partial charge in [-0.1, -0.05) is 0 Å². The van der Waals surface area contributed by atoms with Crippen LogP contribution in [0.25, 0.3) is 22.0 Å². The Labute approximate surface area is 140 Å². The normalized spacial score (nSPS) is 18.9. The summed E-state index contributed by atoms with van der Waals surface area (Å²) in [6, 6.07) is 8.22. The maximum absolute atomic E-state index is 5.03. The van der Waals surface area contributed by atoms with Crippen LogP contribution in [-0.2, 0) is 0 Å². The molecule has 5 heteroatoms. The summed E-state index contributed by atoms with van der Waals surface area (Å²) in [5.41, 5.74) is 2.40. The van der Waals surface area contributed by atoms with Gasteiger partial charge in [0.1, 0.15) is 5.82 Å². The standard InChI is InChI=1S/C19H19N5/c1-6-20-7-2-14(1)17-11-15-12-21-8-3-16(15)18(23-17)24-10-9-22-19(13-24)4-5-19/h1-3,6-8,11-12,22H,4-5,9-10,13H2. The van der Waals surface area contributed by atoms with E-state index in [0.717, 1.165) is 42.1 Å². The van der Waals surface area contributed by atoms with Crippen LogP contribution in [0.4, 0.5) is 5.82 Å². The molecule has 0 amide bonds. The van der Waals surface area contributed by atoms with Crippen molar-refractivity contribution in [2.75, 3.05) is 24.5 Å². The molecule has 1 N–H and O–H groups in total. The lowest BCUT2D eigenvalue weighted by Crippen LogP contribution is -2.52. The fourth-order valence-corrected chi connectivity index (χ4v) is 3.61. The van der Waals surface area contributed by atoms with E-state index in [9.17, 15) is 0 Å². The molecule has 1 spiro atoms. The molecule has 5 nitrogen and oxygen atoms in total. The van der Waals surface area contributed by atoms with Gasteiger partial charge in [0.15, 0.2) is 0 Å². The van der Waals surface area contributed by atoms with Gasteiger partial charge in [-0.2, -0.15) is 0 Å². The van der Waals surface area contributed by atoms with Gasteiger partial charge >= 0.3 is 0 Å². The van der Waals surface area contributed by atoms with Crippen LogP contribution in [0.15, 0.2) is 49.1 Å².